The molecule has 0 bridgehead atoms. The number of aromatic nitrogens is 2. The molecule has 0 amide bonds. The summed E-state index contributed by atoms with van der Waals surface area (Å²) in [6, 6.07) is 10.4. The Kier molecular flexibility index (Phi) is 3.43. The molecule has 25 heavy (non-hydrogen) atoms. The van der Waals surface area contributed by atoms with Crippen molar-refractivity contribution in [2.45, 2.75) is 12.3 Å². The van der Waals surface area contributed by atoms with Crippen molar-refractivity contribution in [3.05, 3.63) is 34.9 Å². The van der Waals surface area contributed by atoms with E-state index in [0.29, 0.717) is 17.3 Å². The summed E-state index contributed by atoms with van der Waals surface area (Å²) >= 11 is 0. The quantitative estimate of drug-likeness (QED) is 0.850. The molecular formula is C18H15N5O2. The van der Waals surface area contributed by atoms with Crippen LogP contribution in [-0.2, 0) is 6.42 Å². The highest BCUT2D eigenvalue weighted by Gasteiger charge is 2.42. The zero-order valence-corrected chi connectivity index (χ0v) is 13.9. The van der Waals surface area contributed by atoms with Crippen molar-refractivity contribution in [1.82, 2.24) is 9.97 Å². The van der Waals surface area contributed by atoms with Crippen LogP contribution in [0, 0.1) is 28.6 Å². The van der Waals surface area contributed by atoms with E-state index in [9.17, 15) is 10.5 Å². The maximum atomic E-state index is 9.55. The number of fused-ring (bicyclic) bond motifs is 2. The predicted molar refractivity (Wildman–Crippen MR) is 88.8 cm³/mol. The van der Waals surface area contributed by atoms with E-state index in [0.717, 1.165) is 24.2 Å². The fourth-order valence-electron chi connectivity index (χ4n) is 3.77. The third-order valence-corrected chi connectivity index (χ3v) is 4.78. The second-order valence-corrected chi connectivity index (χ2v) is 5.93. The minimum atomic E-state index is -0.862. The van der Waals surface area contributed by atoms with E-state index in [1.807, 2.05) is 12.1 Å². The predicted octanol–water partition coefficient (Wildman–Crippen LogP) is 2.30. The first-order chi connectivity index (χ1) is 12.2. The van der Waals surface area contributed by atoms with Gasteiger partial charge in [-0.05, 0) is 17.5 Å². The van der Waals surface area contributed by atoms with Crippen LogP contribution in [0.2, 0.25) is 0 Å². The number of anilines is 2. The number of methoxy groups -OCH3 is 2. The molecule has 2 aromatic rings. The van der Waals surface area contributed by atoms with Gasteiger partial charge < -0.3 is 14.4 Å². The lowest BCUT2D eigenvalue weighted by Gasteiger charge is -2.35. The summed E-state index contributed by atoms with van der Waals surface area (Å²) in [6.45, 7) is 0.777. The highest BCUT2D eigenvalue weighted by Crippen LogP contribution is 2.53. The van der Waals surface area contributed by atoms with Crippen molar-refractivity contribution in [3.8, 4) is 24.0 Å². The first kappa shape index (κ1) is 15.2. The molecule has 1 atom stereocenters. The van der Waals surface area contributed by atoms with E-state index in [-0.39, 0.29) is 6.01 Å². The third-order valence-electron chi connectivity index (χ3n) is 4.78. The number of nitriles is 2. The normalized spacial score (nSPS) is 16.7. The Balaban J connectivity index is 2.06. The molecule has 2 aliphatic heterocycles. The van der Waals surface area contributed by atoms with Gasteiger partial charge in [-0.2, -0.15) is 20.5 Å². The van der Waals surface area contributed by atoms with Crippen LogP contribution in [0.1, 0.15) is 22.6 Å². The molecule has 1 aromatic carbocycles. The summed E-state index contributed by atoms with van der Waals surface area (Å²) < 4.78 is 10.7. The highest BCUT2D eigenvalue weighted by molar-refractivity contribution is 5.80. The number of hydrogen-bond donors (Lipinski definition) is 0. The van der Waals surface area contributed by atoms with E-state index in [4.69, 9.17) is 9.47 Å². The maximum Gasteiger partial charge on any atom is 0.321 e. The highest BCUT2D eigenvalue weighted by atomic mass is 16.5. The summed E-state index contributed by atoms with van der Waals surface area (Å²) in [4.78, 5) is 10.9. The molecular weight excluding hydrogens is 318 g/mol. The number of para-hydroxylation sites is 1. The van der Waals surface area contributed by atoms with Gasteiger partial charge in [0.05, 0.1) is 31.9 Å². The molecule has 0 radical (unpaired) electrons. The molecule has 0 N–H and O–H groups in total. The number of hydrogen-bond acceptors (Lipinski definition) is 7. The molecule has 2 aliphatic rings. The van der Waals surface area contributed by atoms with Gasteiger partial charge in [-0.15, -0.1) is 0 Å². The van der Waals surface area contributed by atoms with E-state index >= 15 is 0 Å². The van der Waals surface area contributed by atoms with Crippen LogP contribution >= 0.6 is 0 Å². The van der Waals surface area contributed by atoms with E-state index in [1.54, 1.807) is 0 Å². The van der Waals surface area contributed by atoms with Crippen molar-refractivity contribution < 1.29 is 9.47 Å². The van der Waals surface area contributed by atoms with Gasteiger partial charge in [-0.25, -0.2) is 0 Å². The minimum absolute atomic E-state index is 0.202. The van der Waals surface area contributed by atoms with Gasteiger partial charge in [-0.3, -0.25) is 0 Å². The van der Waals surface area contributed by atoms with Gasteiger partial charge in [0.25, 0.3) is 0 Å². The minimum Gasteiger partial charge on any atom is -0.481 e. The fraction of sp³-hybridized carbons (Fsp3) is 0.333. The van der Waals surface area contributed by atoms with E-state index in [2.05, 4.69) is 33.1 Å². The van der Waals surface area contributed by atoms with Gasteiger partial charge in [0, 0.05) is 18.2 Å². The van der Waals surface area contributed by atoms with Crippen LogP contribution < -0.4 is 14.4 Å². The van der Waals surface area contributed by atoms with Gasteiger partial charge >= 0.3 is 6.01 Å². The van der Waals surface area contributed by atoms with E-state index in [1.165, 1.54) is 19.8 Å². The molecule has 1 aromatic heterocycles. The van der Waals surface area contributed by atoms with Gasteiger partial charge in [0.1, 0.15) is 11.7 Å². The van der Waals surface area contributed by atoms with Gasteiger partial charge in [0.15, 0.2) is 0 Å². The first-order valence-electron chi connectivity index (χ1n) is 7.92. The summed E-state index contributed by atoms with van der Waals surface area (Å²) in [7, 11) is 3.01. The molecule has 0 fully saturated rings. The zero-order valence-electron chi connectivity index (χ0n) is 13.9. The van der Waals surface area contributed by atoms with Crippen LogP contribution in [0.4, 0.5) is 11.5 Å². The fourth-order valence-corrected chi connectivity index (χ4v) is 3.77. The molecule has 7 nitrogen and oxygen atoms in total. The van der Waals surface area contributed by atoms with Crippen molar-refractivity contribution in [3.63, 3.8) is 0 Å². The first-order valence-corrected chi connectivity index (χ1v) is 7.92. The van der Waals surface area contributed by atoms with E-state index < -0.39 is 11.8 Å². The summed E-state index contributed by atoms with van der Waals surface area (Å²) in [5, 5.41) is 19.1. The molecule has 3 heterocycles. The Hall–Kier alpha value is -3.32. The number of benzene rings is 1. The van der Waals surface area contributed by atoms with Crippen LogP contribution in [0.3, 0.4) is 0 Å². The standard InChI is InChI=1S/C18H15N5O2/c1-24-17-14-13(11(8-19)9-20)12-5-3-4-10-6-7-23(15(10)12)16(14)21-18(22-17)25-2/h3-5,11,13H,6-7H2,1-2H3. The number of rotatable bonds is 3. The molecule has 124 valence electrons. The lowest BCUT2D eigenvalue weighted by atomic mass is 9.79. The lowest BCUT2D eigenvalue weighted by Crippen LogP contribution is -2.28. The lowest BCUT2D eigenvalue weighted by molar-refractivity contribution is 0.346. The van der Waals surface area contributed by atoms with Gasteiger partial charge in [0.2, 0.25) is 5.88 Å². The van der Waals surface area contributed by atoms with Gasteiger partial charge in [-0.1, -0.05) is 18.2 Å². The Morgan fingerprint density at radius 2 is 2.00 bits per heavy atom. The average molecular weight is 333 g/mol. The monoisotopic (exact) mass is 333 g/mol. The Morgan fingerprint density at radius 1 is 1.20 bits per heavy atom. The number of nitrogens with zero attached hydrogens (tertiary/aromatic N) is 5. The average Bonchev–Trinajstić information content (AvgIpc) is 3.09. The number of ether oxygens (including phenoxy) is 2. The summed E-state index contributed by atoms with van der Waals surface area (Å²) in [5.41, 5.74) is 3.85. The molecule has 0 spiro atoms. The zero-order chi connectivity index (χ0) is 17.6. The van der Waals surface area contributed by atoms with Crippen molar-refractivity contribution in [2.75, 3.05) is 25.7 Å². The molecule has 1 unspecified atom stereocenters. The van der Waals surface area contributed by atoms with Crippen LogP contribution in [-0.4, -0.2) is 30.7 Å². The van der Waals surface area contributed by atoms with Crippen molar-refractivity contribution in [1.29, 1.82) is 10.5 Å². The Morgan fingerprint density at radius 3 is 2.68 bits per heavy atom. The second-order valence-electron chi connectivity index (χ2n) is 5.93. The topological polar surface area (TPSA) is 95.1 Å². The molecule has 0 saturated carbocycles. The van der Waals surface area contributed by atoms with Crippen LogP contribution in [0.5, 0.6) is 11.9 Å². The van der Waals surface area contributed by atoms with Crippen LogP contribution in [0.15, 0.2) is 18.2 Å². The smallest absolute Gasteiger partial charge is 0.321 e. The third kappa shape index (κ3) is 2.03. The SMILES string of the molecule is COc1nc(OC)c2c(n1)N1CCc3cccc(c31)C2C(C#N)C#N. The molecule has 0 aliphatic carbocycles. The maximum absolute atomic E-state index is 9.55. The second kappa shape index (κ2) is 5.64. The summed E-state index contributed by atoms with van der Waals surface area (Å²) in [5.74, 6) is -0.332. The Labute approximate surface area is 145 Å². The van der Waals surface area contributed by atoms with Crippen molar-refractivity contribution >= 4 is 11.5 Å². The van der Waals surface area contributed by atoms with Crippen molar-refractivity contribution in [2.24, 2.45) is 5.92 Å². The molecule has 7 heteroatoms. The Bertz CT molecular complexity index is 930. The molecule has 0 saturated heterocycles. The molecule has 4 rings (SSSR count). The summed E-state index contributed by atoms with van der Waals surface area (Å²) in [6.07, 6.45) is 0.883. The largest absolute Gasteiger partial charge is 0.481 e. The van der Waals surface area contributed by atoms with Crippen LogP contribution in [0.25, 0.3) is 0 Å².